The minimum absolute atomic E-state index is 0.158. The summed E-state index contributed by atoms with van der Waals surface area (Å²) in [5, 5.41) is 0. The van der Waals surface area contributed by atoms with Gasteiger partial charge in [-0.2, -0.15) is 0 Å². The van der Waals surface area contributed by atoms with Crippen LogP contribution in [0.2, 0.25) is 0 Å². The molecule has 1 atom stereocenters. The van der Waals surface area contributed by atoms with E-state index in [1.807, 2.05) is 13.8 Å². The fourth-order valence-electron chi connectivity index (χ4n) is 3.18. The maximum absolute atomic E-state index is 12.3. The molecular formula is C14H24N2O2. The van der Waals surface area contributed by atoms with E-state index in [1.54, 1.807) is 4.90 Å². The molecule has 1 unspecified atom stereocenters. The van der Waals surface area contributed by atoms with Crippen molar-refractivity contribution in [1.29, 1.82) is 0 Å². The largest absolute Gasteiger partial charge is 0.330 e. The van der Waals surface area contributed by atoms with Gasteiger partial charge in [-0.3, -0.25) is 9.59 Å². The van der Waals surface area contributed by atoms with Gasteiger partial charge in [-0.25, -0.2) is 0 Å². The topological polar surface area (TPSA) is 40.6 Å². The fraction of sp³-hybridized carbons (Fsp3) is 0.857. The Labute approximate surface area is 109 Å². The lowest BCUT2D eigenvalue weighted by Gasteiger charge is -2.34. The molecule has 0 aliphatic carbocycles. The molecule has 2 fully saturated rings. The van der Waals surface area contributed by atoms with E-state index >= 15 is 0 Å². The van der Waals surface area contributed by atoms with Crippen molar-refractivity contribution >= 4 is 11.7 Å². The molecule has 0 radical (unpaired) electrons. The van der Waals surface area contributed by atoms with Crippen molar-refractivity contribution in [3.8, 4) is 0 Å². The number of carbonyl (C=O) groups excluding carboxylic acids is 2. The number of hydrogen-bond acceptors (Lipinski definition) is 3. The van der Waals surface area contributed by atoms with Gasteiger partial charge in [0.25, 0.3) is 0 Å². The van der Waals surface area contributed by atoms with Crippen molar-refractivity contribution in [1.82, 2.24) is 9.80 Å². The molecule has 102 valence electrons. The van der Waals surface area contributed by atoms with E-state index in [-0.39, 0.29) is 11.7 Å². The predicted octanol–water partition coefficient (Wildman–Crippen LogP) is 1.30. The standard InChI is InChI=1S/C14H24N2O2/c1-14(2)12(17)6-8-16(14)13(18)9-11-5-4-7-15(3)10-11/h11H,4-10H2,1-3H3. The van der Waals surface area contributed by atoms with Crippen LogP contribution in [0.1, 0.15) is 39.5 Å². The highest BCUT2D eigenvalue weighted by Gasteiger charge is 2.42. The average molecular weight is 252 g/mol. The summed E-state index contributed by atoms with van der Waals surface area (Å²) in [7, 11) is 2.11. The van der Waals surface area contributed by atoms with Crippen molar-refractivity contribution in [2.45, 2.75) is 45.1 Å². The molecule has 0 aromatic rings. The van der Waals surface area contributed by atoms with Crippen LogP contribution in [0.15, 0.2) is 0 Å². The maximum atomic E-state index is 12.3. The van der Waals surface area contributed by atoms with Crippen LogP contribution < -0.4 is 0 Å². The minimum Gasteiger partial charge on any atom is -0.330 e. The first-order chi connectivity index (χ1) is 8.41. The van der Waals surface area contributed by atoms with Crippen LogP contribution in [0.5, 0.6) is 0 Å². The molecule has 2 aliphatic rings. The number of nitrogens with zero attached hydrogens (tertiary/aromatic N) is 2. The molecule has 4 heteroatoms. The molecule has 2 saturated heterocycles. The summed E-state index contributed by atoms with van der Waals surface area (Å²) in [6.07, 6.45) is 3.43. The summed E-state index contributed by atoms with van der Waals surface area (Å²) in [4.78, 5) is 28.2. The zero-order valence-electron chi connectivity index (χ0n) is 11.7. The number of amides is 1. The fourth-order valence-corrected chi connectivity index (χ4v) is 3.18. The quantitative estimate of drug-likeness (QED) is 0.744. The summed E-state index contributed by atoms with van der Waals surface area (Å²) in [6.45, 7) is 6.49. The Hall–Kier alpha value is -0.900. The molecule has 1 amide bonds. The minimum atomic E-state index is -0.586. The van der Waals surface area contributed by atoms with Crippen LogP contribution in [0, 0.1) is 5.92 Å². The second kappa shape index (κ2) is 5.00. The van der Waals surface area contributed by atoms with Crippen LogP contribution in [-0.2, 0) is 9.59 Å². The molecule has 2 aliphatic heterocycles. The molecule has 0 bridgehead atoms. The van der Waals surface area contributed by atoms with Gasteiger partial charge in [-0.1, -0.05) is 0 Å². The zero-order valence-corrected chi connectivity index (χ0v) is 11.7. The second-order valence-corrected chi connectivity index (χ2v) is 6.25. The first-order valence-electron chi connectivity index (χ1n) is 6.93. The number of likely N-dealkylation sites (tertiary alicyclic amines) is 2. The third kappa shape index (κ3) is 2.58. The maximum Gasteiger partial charge on any atom is 0.223 e. The first-order valence-corrected chi connectivity index (χ1v) is 6.93. The van der Waals surface area contributed by atoms with Gasteiger partial charge in [0.15, 0.2) is 5.78 Å². The van der Waals surface area contributed by atoms with E-state index in [0.717, 1.165) is 19.5 Å². The first kappa shape index (κ1) is 13.5. The molecule has 0 saturated carbocycles. The zero-order chi connectivity index (χ0) is 13.3. The van der Waals surface area contributed by atoms with Crippen molar-refractivity contribution < 1.29 is 9.59 Å². The highest BCUT2D eigenvalue weighted by Crippen LogP contribution is 2.28. The predicted molar refractivity (Wildman–Crippen MR) is 70.3 cm³/mol. The molecule has 2 rings (SSSR count). The second-order valence-electron chi connectivity index (χ2n) is 6.25. The van der Waals surface area contributed by atoms with Crippen molar-refractivity contribution in [3.63, 3.8) is 0 Å². The van der Waals surface area contributed by atoms with Crippen LogP contribution in [0.3, 0.4) is 0 Å². The molecule has 0 aromatic heterocycles. The van der Waals surface area contributed by atoms with Crippen molar-refractivity contribution in [2.24, 2.45) is 5.92 Å². The van der Waals surface area contributed by atoms with Gasteiger partial charge in [0, 0.05) is 25.9 Å². The number of hydrogen-bond donors (Lipinski definition) is 0. The van der Waals surface area contributed by atoms with Gasteiger partial charge in [0.1, 0.15) is 0 Å². The average Bonchev–Trinajstić information content (AvgIpc) is 2.54. The molecule has 2 heterocycles. The highest BCUT2D eigenvalue weighted by atomic mass is 16.2. The van der Waals surface area contributed by atoms with Gasteiger partial charge in [-0.15, -0.1) is 0 Å². The normalized spacial score (nSPS) is 28.7. The summed E-state index contributed by atoms with van der Waals surface area (Å²) in [5.74, 6) is 0.811. The van der Waals surface area contributed by atoms with Crippen LogP contribution in [0.25, 0.3) is 0 Å². The Bertz CT molecular complexity index is 352. The van der Waals surface area contributed by atoms with E-state index in [9.17, 15) is 9.59 Å². The number of Topliss-reactive ketones (excluding diaryl/α,β-unsaturated/α-hetero) is 1. The molecule has 18 heavy (non-hydrogen) atoms. The summed E-state index contributed by atoms with van der Waals surface area (Å²) < 4.78 is 0. The Kier molecular flexibility index (Phi) is 3.76. The van der Waals surface area contributed by atoms with Crippen molar-refractivity contribution in [2.75, 3.05) is 26.7 Å². The van der Waals surface area contributed by atoms with E-state index in [0.29, 0.717) is 25.3 Å². The Morgan fingerprint density at radius 3 is 2.67 bits per heavy atom. The van der Waals surface area contributed by atoms with E-state index in [2.05, 4.69) is 11.9 Å². The van der Waals surface area contributed by atoms with Gasteiger partial charge in [-0.05, 0) is 46.2 Å². The molecule has 0 aromatic carbocycles. The smallest absolute Gasteiger partial charge is 0.223 e. The third-order valence-electron chi connectivity index (χ3n) is 4.41. The number of rotatable bonds is 2. The lowest BCUT2D eigenvalue weighted by Crippen LogP contribution is -2.47. The van der Waals surface area contributed by atoms with Gasteiger partial charge < -0.3 is 9.80 Å². The van der Waals surface area contributed by atoms with Gasteiger partial charge in [0.2, 0.25) is 5.91 Å². The number of piperidine rings is 1. The van der Waals surface area contributed by atoms with E-state index in [4.69, 9.17) is 0 Å². The molecule has 0 N–H and O–H groups in total. The molecular weight excluding hydrogens is 228 g/mol. The third-order valence-corrected chi connectivity index (χ3v) is 4.41. The van der Waals surface area contributed by atoms with Crippen LogP contribution in [0.4, 0.5) is 0 Å². The Morgan fingerprint density at radius 2 is 2.11 bits per heavy atom. The number of ketones is 1. The monoisotopic (exact) mass is 252 g/mol. The molecule has 0 spiro atoms. The molecule has 4 nitrogen and oxygen atoms in total. The SMILES string of the molecule is CN1CCCC(CC(=O)N2CCC(=O)C2(C)C)C1. The summed E-state index contributed by atoms with van der Waals surface area (Å²) in [6, 6.07) is 0. The summed E-state index contributed by atoms with van der Waals surface area (Å²) >= 11 is 0. The lowest BCUT2D eigenvalue weighted by atomic mass is 9.93. The lowest BCUT2D eigenvalue weighted by molar-refractivity contribution is -0.139. The van der Waals surface area contributed by atoms with Gasteiger partial charge >= 0.3 is 0 Å². The Morgan fingerprint density at radius 1 is 1.39 bits per heavy atom. The van der Waals surface area contributed by atoms with Crippen LogP contribution >= 0.6 is 0 Å². The Balaban J connectivity index is 1.94. The summed E-state index contributed by atoms with van der Waals surface area (Å²) in [5.41, 5.74) is -0.586. The van der Waals surface area contributed by atoms with E-state index < -0.39 is 5.54 Å². The van der Waals surface area contributed by atoms with E-state index in [1.165, 1.54) is 6.42 Å². The number of carbonyl (C=O) groups is 2. The van der Waals surface area contributed by atoms with Gasteiger partial charge in [0.05, 0.1) is 5.54 Å². The van der Waals surface area contributed by atoms with Crippen molar-refractivity contribution in [3.05, 3.63) is 0 Å². The van der Waals surface area contributed by atoms with Crippen LogP contribution in [-0.4, -0.2) is 53.7 Å². The highest BCUT2D eigenvalue weighted by molar-refractivity contribution is 5.95.